The van der Waals surface area contributed by atoms with E-state index in [0.717, 1.165) is 30.1 Å². The third-order valence-corrected chi connectivity index (χ3v) is 3.97. The lowest BCUT2D eigenvalue weighted by molar-refractivity contribution is -0.123. The molecule has 1 aliphatic heterocycles. The summed E-state index contributed by atoms with van der Waals surface area (Å²) in [5.74, 6) is 0.112. The highest BCUT2D eigenvalue weighted by atomic mass is 32.2. The second-order valence-corrected chi connectivity index (χ2v) is 5.55. The van der Waals surface area contributed by atoms with Crippen molar-refractivity contribution < 1.29 is 4.79 Å². The minimum Gasteiger partial charge on any atom is -0.326 e. The molecular weight excluding hydrogens is 232 g/mol. The quantitative estimate of drug-likeness (QED) is 0.809. The molecule has 1 unspecified atom stereocenters. The number of anilines is 1. The number of hydrogen-bond donors (Lipinski definition) is 2. The fourth-order valence-electron chi connectivity index (χ4n) is 1.99. The van der Waals surface area contributed by atoms with Gasteiger partial charge in [0.15, 0.2) is 0 Å². The van der Waals surface area contributed by atoms with Crippen LogP contribution in [0.1, 0.15) is 13.3 Å². The number of nitrogens with one attached hydrogen (secondary N) is 2. The first-order chi connectivity index (χ1) is 8.14. The molecule has 1 aromatic rings. The van der Waals surface area contributed by atoms with Crippen LogP contribution in [0.15, 0.2) is 29.2 Å². The summed E-state index contributed by atoms with van der Waals surface area (Å²) in [5.41, 5.74) is 0.616. The molecule has 1 amide bonds. The largest absolute Gasteiger partial charge is 0.326 e. The van der Waals surface area contributed by atoms with Crippen LogP contribution in [0, 0.1) is 5.41 Å². The van der Waals surface area contributed by atoms with Crippen molar-refractivity contribution in [3.8, 4) is 0 Å². The van der Waals surface area contributed by atoms with Crippen LogP contribution in [0.3, 0.4) is 0 Å². The van der Waals surface area contributed by atoms with Gasteiger partial charge >= 0.3 is 0 Å². The Morgan fingerprint density at radius 1 is 1.53 bits per heavy atom. The normalized spacial score (nSPS) is 23.6. The Morgan fingerprint density at radius 2 is 2.35 bits per heavy atom. The van der Waals surface area contributed by atoms with Gasteiger partial charge in [0.05, 0.1) is 5.41 Å². The minimum atomic E-state index is -0.268. The fraction of sp³-hybridized carbons (Fsp3) is 0.462. The number of amides is 1. The first-order valence-corrected chi connectivity index (χ1v) is 7.03. The maximum Gasteiger partial charge on any atom is 0.231 e. The summed E-state index contributed by atoms with van der Waals surface area (Å²) in [5, 5.41) is 6.24. The van der Waals surface area contributed by atoms with Crippen LogP contribution in [0.5, 0.6) is 0 Å². The van der Waals surface area contributed by atoms with Crippen LogP contribution in [0.2, 0.25) is 0 Å². The second kappa shape index (κ2) is 5.10. The highest BCUT2D eigenvalue weighted by molar-refractivity contribution is 7.98. The monoisotopic (exact) mass is 250 g/mol. The van der Waals surface area contributed by atoms with Gasteiger partial charge in [-0.15, -0.1) is 11.8 Å². The molecule has 1 heterocycles. The summed E-state index contributed by atoms with van der Waals surface area (Å²) in [7, 11) is 0. The van der Waals surface area contributed by atoms with Gasteiger partial charge in [-0.3, -0.25) is 4.79 Å². The number of rotatable bonds is 3. The minimum absolute atomic E-state index is 0.112. The molecule has 2 N–H and O–H groups in total. The fourth-order valence-corrected chi connectivity index (χ4v) is 2.45. The topological polar surface area (TPSA) is 41.1 Å². The van der Waals surface area contributed by atoms with Crippen molar-refractivity contribution in [3.63, 3.8) is 0 Å². The Hall–Kier alpha value is -1.00. The van der Waals surface area contributed by atoms with E-state index >= 15 is 0 Å². The molecule has 0 bridgehead atoms. The molecule has 1 atom stereocenters. The predicted octanol–water partition coefficient (Wildman–Crippen LogP) is 2.35. The van der Waals surface area contributed by atoms with E-state index in [1.807, 2.05) is 37.4 Å². The van der Waals surface area contributed by atoms with Crippen molar-refractivity contribution in [2.75, 3.05) is 24.7 Å². The van der Waals surface area contributed by atoms with E-state index in [-0.39, 0.29) is 11.3 Å². The zero-order valence-corrected chi connectivity index (χ0v) is 11.1. The number of carbonyl (C=O) groups excluding carboxylic acids is 1. The molecule has 17 heavy (non-hydrogen) atoms. The van der Waals surface area contributed by atoms with Gasteiger partial charge in [-0.25, -0.2) is 0 Å². The van der Waals surface area contributed by atoms with E-state index in [9.17, 15) is 4.79 Å². The first-order valence-electron chi connectivity index (χ1n) is 5.80. The van der Waals surface area contributed by atoms with Crippen molar-refractivity contribution in [2.24, 2.45) is 5.41 Å². The molecule has 0 aromatic heterocycles. The van der Waals surface area contributed by atoms with Gasteiger partial charge in [0, 0.05) is 17.1 Å². The van der Waals surface area contributed by atoms with Gasteiger partial charge in [0.1, 0.15) is 0 Å². The maximum atomic E-state index is 12.2. The van der Waals surface area contributed by atoms with Gasteiger partial charge < -0.3 is 10.6 Å². The summed E-state index contributed by atoms with van der Waals surface area (Å²) < 4.78 is 0. The summed E-state index contributed by atoms with van der Waals surface area (Å²) in [6, 6.07) is 7.95. The van der Waals surface area contributed by atoms with Crippen molar-refractivity contribution in [2.45, 2.75) is 18.2 Å². The van der Waals surface area contributed by atoms with E-state index in [4.69, 9.17) is 0 Å². The zero-order valence-electron chi connectivity index (χ0n) is 10.2. The lowest BCUT2D eigenvalue weighted by atomic mass is 9.89. The molecule has 0 spiro atoms. The lowest BCUT2D eigenvalue weighted by Gasteiger charge is -2.21. The lowest BCUT2D eigenvalue weighted by Crippen LogP contribution is -2.35. The van der Waals surface area contributed by atoms with Crippen LogP contribution >= 0.6 is 11.8 Å². The molecule has 1 fully saturated rings. The Morgan fingerprint density at radius 3 is 3.00 bits per heavy atom. The summed E-state index contributed by atoms with van der Waals surface area (Å²) in [4.78, 5) is 13.3. The molecule has 0 aliphatic carbocycles. The van der Waals surface area contributed by atoms with Crippen LogP contribution in [-0.2, 0) is 4.79 Å². The Kier molecular flexibility index (Phi) is 3.74. The average Bonchev–Trinajstić information content (AvgIpc) is 2.78. The highest BCUT2D eigenvalue weighted by Crippen LogP contribution is 2.27. The van der Waals surface area contributed by atoms with Crippen LogP contribution < -0.4 is 10.6 Å². The van der Waals surface area contributed by atoms with E-state index in [2.05, 4.69) is 10.6 Å². The van der Waals surface area contributed by atoms with Crippen LogP contribution in [0.25, 0.3) is 0 Å². The van der Waals surface area contributed by atoms with Crippen molar-refractivity contribution in [1.82, 2.24) is 5.32 Å². The van der Waals surface area contributed by atoms with Crippen molar-refractivity contribution in [1.29, 1.82) is 0 Å². The average molecular weight is 250 g/mol. The SMILES string of the molecule is CSc1cccc(NC(=O)C2(C)CCNC2)c1. The standard InChI is InChI=1S/C13H18N2OS/c1-13(6-7-14-9-13)12(16)15-10-4-3-5-11(8-10)17-2/h3-5,8,14H,6-7,9H2,1-2H3,(H,15,16). The molecule has 4 heteroatoms. The molecule has 1 aromatic carbocycles. The van der Waals surface area contributed by atoms with Gasteiger partial charge in [-0.05, 0) is 44.3 Å². The second-order valence-electron chi connectivity index (χ2n) is 4.67. The summed E-state index contributed by atoms with van der Waals surface area (Å²) in [6.07, 6.45) is 2.93. The molecule has 0 radical (unpaired) electrons. The smallest absolute Gasteiger partial charge is 0.231 e. The molecule has 1 saturated heterocycles. The third-order valence-electron chi connectivity index (χ3n) is 3.24. The summed E-state index contributed by atoms with van der Waals surface area (Å²) in [6.45, 7) is 3.70. The zero-order chi connectivity index (χ0) is 12.3. The van der Waals surface area contributed by atoms with Gasteiger partial charge in [-0.1, -0.05) is 6.07 Å². The summed E-state index contributed by atoms with van der Waals surface area (Å²) >= 11 is 1.68. The van der Waals surface area contributed by atoms with E-state index < -0.39 is 0 Å². The number of thioether (sulfide) groups is 1. The predicted molar refractivity (Wildman–Crippen MR) is 72.4 cm³/mol. The Bertz CT molecular complexity index is 414. The van der Waals surface area contributed by atoms with Gasteiger partial charge in [0.2, 0.25) is 5.91 Å². The molecule has 2 rings (SSSR count). The molecule has 92 valence electrons. The Balaban J connectivity index is 2.07. The third kappa shape index (κ3) is 2.82. The molecule has 0 saturated carbocycles. The van der Waals surface area contributed by atoms with Gasteiger partial charge in [-0.2, -0.15) is 0 Å². The van der Waals surface area contributed by atoms with Crippen LogP contribution in [0.4, 0.5) is 5.69 Å². The Labute approximate surface area is 106 Å². The number of carbonyl (C=O) groups is 1. The van der Waals surface area contributed by atoms with Crippen molar-refractivity contribution >= 4 is 23.4 Å². The van der Waals surface area contributed by atoms with E-state index in [1.54, 1.807) is 11.8 Å². The number of hydrogen-bond acceptors (Lipinski definition) is 3. The molecule has 1 aliphatic rings. The maximum absolute atomic E-state index is 12.2. The first kappa shape index (κ1) is 12.5. The van der Waals surface area contributed by atoms with E-state index in [1.165, 1.54) is 0 Å². The molecular formula is C13H18N2OS. The molecule has 3 nitrogen and oxygen atoms in total. The van der Waals surface area contributed by atoms with Gasteiger partial charge in [0.25, 0.3) is 0 Å². The van der Waals surface area contributed by atoms with E-state index in [0.29, 0.717) is 0 Å². The number of benzene rings is 1. The van der Waals surface area contributed by atoms with Crippen molar-refractivity contribution in [3.05, 3.63) is 24.3 Å². The highest BCUT2D eigenvalue weighted by Gasteiger charge is 2.36. The van der Waals surface area contributed by atoms with Crippen LogP contribution in [-0.4, -0.2) is 25.3 Å².